The van der Waals surface area contributed by atoms with E-state index in [9.17, 15) is 0 Å². The fourth-order valence-electron chi connectivity index (χ4n) is 2.26. The van der Waals surface area contributed by atoms with E-state index in [1.54, 1.807) is 0 Å². The number of nitrogens with one attached hydrogen (secondary N) is 1. The van der Waals surface area contributed by atoms with Gasteiger partial charge in [-0.1, -0.05) is 36.4 Å². The van der Waals surface area contributed by atoms with E-state index in [1.807, 2.05) is 0 Å². The Kier molecular flexibility index (Phi) is 3.11. The van der Waals surface area contributed by atoms with Gasteiger partial charge in [0.2, 0.25) is 0 Å². The Labute approximate surface area is 112 Å². The zero-order chi connectivity index (χ0) is 12.4. The molecule has 0 unspecified atom stereocenters. The third kappa shape index (κ3) is 2.04. The number of aromatic nitrogens is 1. The van der Waals surface area contributed by atoms with Crippen LogP contribution in [-0.2, 0) is 0 Å². The van der Waals surface area contributed by atoms with E-state index in [0.29, 0.717) is 0 Å². The number of para-hydroxylation sites is 1. The average Bonchev–Trinajstić information content (AvgIpc) is 2.77. The Morgan fingerprint density at radius 3 is 2.72 bits per heavy atom. The molecule has 90 valence electrons. The largest absolute Gasteiger partial charge is 0.355 e. The van der Waals surface area contributed by atoms with Crippen molar-refractivity contribution in [3.8, 4) is 0 Å². The number of thiol groups is 1. The number of H-pyrrole nitrogens is 1. The minimum Gasteiger partial charge on any atom is -0.355 e. The van der Waals surface area contributed by atoms with Gasteiger partial charge in [-0.25, -0.2) is 0 Å². The molecular weight excluding hydrogens is 238 g/mol. The van der Waals surface area contributed by atoms with Gasteiger partial charge in [0.25, 0.3) is 0 Å². The lowest BCUT2D eigenvalue weighted by Crippen LogP contribution is -1.74. The molecule has 0 atom stereocenters. The normalized spacial score (nSPS) is 11.8. The van der Waals surface area contributed by atoms with Gasteiger partial charge in [-0.05, 0) is 35.9 Å². The third-order valence-corrected chi connectivity index (χ3v) is 3.39. The van der Waals surface area contributed by atoms with Crippen molar-refractivity contribution in [1.82, 2.24) is 4.98 Å². The summed E-state index contributed by atoms with van der Waals surface area (Å²) < 4.78 is 0. The summed E-state index contributed by atoms with van der Waals surface area (Å²) in [5.74, 6) is 0.895. The van der Waals surface area contributed by atoms with E-state index in [0.717, 1.165) is 12.2 Å². The van der Waals surface area contributed by atoms with Crippen molar-refractivity contribution in [2.45, 2.75) is 6.42 Å². The Balaban J connectivity index is 2.12. The van der Waals surface area contributed by atoms with Crippen molar-refractivity contribution < 1.29 is 0 Å². The van der Waals surface area contributed by atoms with Crippen LogP contribution in [0.1, 0.15) is 12.0 Å². The van der Waals surface area contributed by atoms with Crippen molar-refractivity contribution in [3.05, 3.63) is 54.1 Å². The van der Waals surface area contributed by atoms with Crippen molar-refractivity contribution in [1.29, 1.82) is 0 Å². The van der Waals surface area contributed by atoms with E-state index < -0.39 is 0 Å². The van der Waals surface area contributed by atoms with Gasteiger partial charge in [-0.15, -0.1) is 0 Å². The van der Waals surface area contributed by atoms with Gasteiger partial charge >= 0.3 is 0 Å². The van der Waals surface area contributed by atoms with E-state index in [-0.39, 0.29) is 0 Å². The van der Waals surface area contributed by atoms with Crippen LogP contribution >= 0.6 is 12.6 Å². The molecule has 1 nitrogen and oxygen atoms in total. The monoisotopic (exact) mass is 253 g/mol. The molecule has 2 aromatic carbocycles. The van der Waals surface area contributed by atoms with E-state index in [1.165, 1.54) is 27.4 Å². The number of hydrogen-bond donors (Lipinski definition) is 2. The maximum atomic E-state index is 4.21. The molecule has 0 aliphatic rings. The smallest absolute Gasteiger partial charge is 0.0465 e. The highest BCUT2D eigenvalue weighted by Crippen LogP contribution is 2.26. The molecule has 0 saturated heterocycles. The van der Waals surface area contributed by atoms with Gasteiger partial charge in [0.15, 0.2) is 0 Å². The van der Waals surface area contributed by atoms with Gasteiger partial charge in [-0.3, -0.25) is 0 Å². The fraction of sp³-hybridized carbons (Fsp3) is 0.125. The summed E-state index contributed by atoms with van der Waals surface area (Å²) in [6, 6.07) is 15.0. The molecule has 0 radical (unpaired) electrons. The summed E-state index contributed by atoms with van der Waals surface area (Å²) in [7, 11) is 0. The summed E-state index contributed by atoms with van der Waals surface area (Å²) in [5, 5.41) is 2.58. The summed E-state index contributed by atoms with van der Waals surface area (Å²) >= 11 is 4.21. The van der Waals surface area contributed by atoms with Crippen LogP contribution in [0, 0.1) is 0 Å². The number of fused-ring (bicyclic) bond motifs is 3. The summed E-state index contributed by atoms with van der Waals surface area (Å²) in [5.41, 5.74) is 3.64. The van der Waals surface area contributed by atoms with Gasteiger partial charge in [0.05, 0.1) is 0 Å². The lowest BCUT2D eigenvalue weighted by atomic mass is 10.1. The molecule has 1 aromatic heterocycles. The highest BCUT2D eigenvalue weighted by molar-refractivity contribution is 7.80. The van der Waals surface area contributed by atoms with Crippen LogP contribution in [0.5, 0.6) is 0 Å². The molecule has 1 heterocycles. The number of allylic oxidation sites excluding steroid dienone is 1. The van der Waals surface area contributed by atoms with E-state index in [2.05, 4.69) is 72.2 Å². The third-order valence-electron chi connectivity index (χ3n) is 3.14. The first-order valence-corrected chi connectivity index (χ1v) is 6.79. The second-order valence-electron chi connectivity index (χ2n) is 4.39. The van der Waals surface area contributed by atoms with Crippen LogP contribution in [0.25, 0.3) is 27.9 Å². The van der Waals surface area contributed by atoms with Crippen LogP contribution in [0.15, 0.2) is 48.5 Å². The van der Waals surface area contributed by atoms with Gasteiger partial charge in [0, 0.05) is 21.8 Å². The molecule has 2 heteroatoms. The molecule has 1 N–H and O–H groups in total. The molecule has 18 heavy (non-hydrogen) atoms. The van der Waals surface area contributed by atoms with Gasteiger partial charge < -0.3 is 4.98 Å². The van der Waals surface area contributed by atoms with Crippen LogP contribution in [0.3, 0.4) is 0 Å². The standard InChI is InChI=1S/C16H15NS/c18-10-4-3-5-12-8-9-16-14(11-12)13-6-1-2-7-15(13)17-16/h1-3,5-9,11,17-18H,4,10H2. The second-order valence-corrected chi connectivity index (χ2v) is 4.84. The fourth-order valence-corrected chi connectivity index (χ4v) is 2.41. The second kappa shape index (κ2) is 4.91. The lowest BCUT2D eigenvalue weighted by molar-refractivity contribution is 1.26. The predicted octanol–water partition coefficient (Wildman–Crippen LogP) is 4.65. The summed E-state index contributed by atoms with van der Waals surface area (Å²) in [4.78, 5) is 3.44. The van der Waals surface area contributed by atoms with Gasteiger partial charge in [-0.2, -0.15) is 12.6 Å². The Morgan fingerprint density at radius 1 is 1.00 bits per heavy atom. The first kappa shape index (κ1) is 11.4. The molecule has 0 spiro atoms. The van der Waals surface area contributed by atoms with Crippen LogP contribution in [-0.4, -0.2) is 10.7 Å². The highest BCUT2D eigenvalue weighted by atomic mass is 32.1. The Bertz CT molecular complexity index is 709. The Morgan fingerprint density at radius 2 is 1.83 bits per heavy atom. The number of hydrogen-bond acceptors (Lipinski definition) is 1. The van der Waals surface area contributed by atoms with E-state index >= 15 is 0 Å². The van der Waals surface area contributed by atoms with Crippen molar-refractivity contribution >= 4 is 40.5 Å². The minimum absolute atomic E-state index is 0.895. The summed E-state index contributed by atoms with van der Waals surface area (Å²) in [6.45, 7) is 0. The first-order valence-electron chi connectivity index (χ1n) is 6.16. The van der Waals surface area contributed by atoms with Crippen LogP contribution in [0.2, 0.25) is 0 Å². The number of aromatic amines is 1. The molecular formula is C16H15NS. The highest BCUT2D eigenvalue weighted by Gasteiger charge is 2.02. The number of benzene rings is 2. The average molecular weight is 253 g/mol. The number of rotatable bonds is 3. The zero-order valence-electron chi connectivity index (χ0n) is 10.1. The first-order chi connectivity index (χ1) is 8.88. The molecule has 0 fully saturated rings. The molecule has 0 saturated carbocycles. The van der Waals surface area contributed by atoms with Crippen LogP contribution < -0.4 is 0 Å². The quantitative estimate of drug-likeness (QED) is 0.632. The SMILES string of the molecule is SCCC=Cc1ccc2[nH]c3ccccc3c2c1. The molecule has 0 amide bonds. The lowest BCUT2D eigenvalue weighted by Gasteiger charge is -1.95. The van der Waals surface area contributed by atoms with E-state index in [4.69, 9.17) is 0 Å². The zero-order valence-corrected chi connectivity index (χ0v) is 11.0. The van der Waals surface area contributed by atoms with Crippen molar-refractivity contribution in [3.63, 3.8) is 0 Å². The molecule has 0 aliphatic heterocycles. The predicted molar refractivity (Wildman–Crippen MR) is 83.3 cm³/mol. The molecule has 3 rings (SSSR count). The molecule has 0 bridgehead atoms. The summed E-state index contributed by atoms with van der Waals surface area (Å²) in [6.07, 6.45) is 5.34. The maximum Gasteiger partial charge on any atom is 0.0465 e. The van der Waals surface area contributed by atoms with Crippen molar-refractivity contribution in [2.75, 3.05) is 5.75 Å². The molecule has 0 aliphatic carbocycles. The van der Waals surface area contributed by atoms with Gasteiger partial charge in [0.1, 0.15) is 0 Å². The van der Waals surface area contributed by atoms with Crippen LogP contribution in [0.4, 0.5) is 0 Å². The Hall–Kier alpha value is -1.67. The molecule has 3 aromatic rings. The van der Waals surface area contributed by atoms with Crippen molar-refractivity contribution in [2.24, 2.45) is 0 Å². The topological polar surface area (TPSA) is 15.8 Å². The minimum atomic E-state index is 0.895. The maximum absolute atomic E-state index is 4.21.